The molecule has 19 heteroatoms. The maximum Gasteiger partial charge on any atom is 0.220 e. The topological polar surface area (TPSA) is 307 Å². The molecule has 3 rings (SSSR count). The first-order chi connectivity index (χ1) is 30.8. The summed E-state index contributed by atoms with van der Waals surface area (Å²) in [4.78, 5) is 13.1. The number of nitrogens with one attached hydrogen (secondary N) is 1. The minimum absolute atomic E-state index is 0.237. The SMILES string of the molecule is CCCC/C=C/CC/C=C/C(O)C(COC1OC(CO)C(OC2OC(CO)C(OC3OC(CO)C(O)C(O)C3O)C(O)C2O)C(O)C1O)NC(=O)CCCCCCCCCCCCC. The van der Waals surface area contributed by atoms with Gasteiger partial charge in [0.15, 0.2) is 18.9 Å². The van der Waals surface area contributed by atoms with E-state index in [0.29, 0.717) is 12.8 Å². The zero-order valence-electron chi connectivity index (χ0n) is 37.8. The van der Waals surface area contributed by atoms with E-state index in [2.05, 4.69) is 31.3 Å². The van der Waals surface area contributed by atoms with E-state index in [4.69, 9.17) is 28.4 Å². The average molecular weight is 924 g/mol. The number of aliphatic hydroxyl groups is 11. The molecule has 0 aromatic rings. The molecule has 12 N–H and O–H groups in total. The molecule has 0 aromatic heterocycles. The second-order valence-corrected chi connectivity index (χ2v) is 17.2. The van der Waals surface area contributed by atoms with Crippen LogP contribution in [0.1, 0.15) is 123 Å². The van der Waals surface area contributed by atoms with Gasteiger partial charge >= 0.3 is 0 Å². The molecular formula is C45H81NO18. The maximum atomic E-state index is 13.1. The normalized spacial score (nSPS) is 34.7. The zero-order chi connectivity index (χ0) is 47.0. The quantitative estimate of drug-likeness (QED) is 0.0324. The lowest BCUT2D eigenvalue weighted by molar-refractivity contribution is -0.379. The van der Waals surface area contributed by atoms with Gasteiger partial charge in [-0.25, -0.2) is 0 Å². The number of carbonyl (C=O) groups is 1. The highest BCUT2D eigenvalue weighted by Gasteiger charge is 2.53. The van der Waals surface area contributed by atoms with Gasteiger partial charge in [0.2, 0.25) is 5.91 Å². The number of carbonyl (C=O) groups excluding carboxylic acids is 1. The summed E-state index contributed by atoms with van der Waals surface area (Å²) in [6.45, 7) is 1.55. The van der Waals surface area contributed by atoms with E-state index < -0.39 is 124 Å². The summed E-state index contributed by atoms with van der Waals surface area (Å²) in [5, 5.41) is 119. The molecule has 17 atom stereocenters. The van der Waals surface area contributed by atoms with Crippen molar-refractivity contribution in [3.63, 3.8) is 0 Å². The summed E-state index contributed by atoms with van der Waals surface area (Å²) in [5.74, 6) is -0.294. The number of allylic oxidation sites excluding steroid dienone is 3. The molecule has 0 radical (unpaired) electrons. The van der Waals surface area contributed by atoms with E-state index >= 15 is 0 Å². The summed E-state index contributed by atoms with van der Waals surface area (Å²) < 4.78 is 33.9. The first kappa shape index (κ1) is 56.6. The summed E-state index contributed by atoms with van der Waals surface area (Å²) in [6.07, 6.45) is -1.97. The van der Waals surface area contributed by atoms with Crippen LogP contribution < -0.4 is 5.32 Å². The second-order valence-electron chi connectivity index (χ2n) is 17.2. The van der Waals surface area contributed by atoms with Crippen LogP contribution in [0, 0.1) is 0 Å². The molecule has 64 heavy (non-hydrogen) atoms. The van der Waals surface area contributed by atoms with Crippen molar-refractivity contribution in [1.82, 2.24) is 5.32 Å². The van der Waals surface area contributed by atoms with Crippen molar-refractivity contribution in [1.29, 1.82) is 0 Å². The Balaban J connectivity index is 1.60. The highest BCUT2D eigenvalue weighted by atomic mass is 16.8. The minimum atomic E-state index is -1.98. The number of hydrogen-bond acceptors (Lipinski definition) is 18. The van der Waals surface area contributed by atoms with Crippen molar-refractivity contribution in [2.45, 2.75) is 227 Å². The third-order valence-corrected chi connectivity index (χ3v) is 12.0. The van der Waals surface area contributed by atoms with Gasteiger partial charge in [0.25, 0.3) is 0 Å². The van der Waals surface area contributed by atoms with Crippen molar-refractivity contribution >= 4 is 5.91 Å². The lowest BCUT2D eigenvalue weighted by Crippen LogP contribution is -2.66. The van der Waals surface area contributed by atoms with Gasteiger partial charge in [0.1, 0.15) is 73.2 Å². The van der Waals surface area contributed by atoms with E-state index in [1.807, 2.05) is 0 Å². The molecule has 0 aliphatic carbocycles. The van der Waals surface area contributed by atoms with Gasteiger partial charge < -0.3 is 89.9 Å². The fourth-order valence-corrected chi connectivity index (χ4v) is 7.95. The van der Waals surface area contributed by atoms with Gasteiger partial charge in [0, 0.05) is 6.42 Å². The summed E-state index contributed by atoms with van der Waals surface area (Å²) >= 11 is 0. The Hall–Kier alpha value is -1.73. The Morgan fingerprint density at radius 3 is 1.55 bits per heavy atom. The van der Waals surface area contributed by atoms with Crippen LogP contribution in [0.15, 0.2) is 24.3 Å². The molecule has 1 amide bonds. The van der Waals surface area contributed by atoms with Crippen LogP contribution in [0.3, 0.4) is 0 Å². The largest absolute Gasteiger partial charge is 0.394 e. The molecule has 374 valence electrons. The van der Waals surface area contributed by atoms with Gasteiger partial charge in [-0.05, 0) is 25.7 Å². The zero-order valence-corrected chi connectivity index (χ0v) is 37.8. The van der Waals surface area contributed by atoms with Gasteiger partial charge in [-0.15, -0.1) is 0 Å². The molecular weight excluding hydrogens is 842 g/mol. The van der Waals surface area contributed by atoms with Crippen molar-refractivity contribution in [3.05, 3.63) is 24.3 Å². The number of amides is 1. The molecule has 19 nitrogen and oxygen atoms in total. The van der Waals surface area contributed by atoms with E-state index in [1.54, 1.807) is 12.2 Å². The van der Waals surface area contributed by atoms with Crippen molar-refractivity contribution in [2.24, 2.45) is 0 Å². The number of aliphatic hydroxyl groups excluding tert-OH is 11. The Morgan fingerprint density at radius 1 is 0.547 bits per heavy atom. The lowest BCUT2D eigenvalue weighted by Gasteiger charge is -2.48. The van der Waals surface area contributed by atoms with Crippen molar-refractivity contribution in [2.75, 3.05) is 26.4 Å². The van der Waals surface area contributed by atoms with Gasteiger partial charge in [-0.3, -0.25) is 4.79 Å². The number of ether oxygens (including phenoxy) is 6. The summed E-state index contributed by atoms with van der Waals surface area (Å²) in [6, 6.07) is -0.980. The van der Waals surface area contributed by atoms with Gasteiger partial charge in [-0.2, -0.15) is 0 Å². The highest BCUT2D eigenvalue weighted by Crippen LogP contribution is 2.33. The number of hydrogen-bond donors (Lipinski definition) is 12. The smallest absolute Gasteiger partial charge is 0.220 e. The van der Waals surface area contributed by atoms with Crippen LogP contribution in [0.5, 0.6) is 0 Å². The summed E-state index contributed by atoms with van der Waals surface area (Å²) in [5.41, 5.74) is 0. The molecule has 3 heterocycles. The third-order valence-electron chi connectivity index (χ3n) is 12.0. The van der Waals surface area contributed by atoms with E-state index in [9.17, 15) is 61.0 Å². The Morgan fingerprint density at radius 2 is 1.00 bits per heavy atom. The fourth-order valence-electron chi connectivity index (χ4n) is 7.95. The first-order valence-electron chi connectivity index (χ1n) is 23.6. The van der Waals surface area contributed by atoms with E-state index in [1.165, 1.54) is 44.9 Å². The highest BCUT2D eigenvalue weighted by molar-refractivity contribution is 5.76. The molecule has 17 unspecified atom stereocenters. The van der Waals surface area contributed by atoms with E-state index in [0.717, 1.165) is 44.9 Å². The van der Waals surface area contributed by atoms with Crippen LogP contribution >= 0.6 is 0 Å². The predicted molar refractivity (Wildman–Crippen MR) is 231 cm³/mol. The lowest BCUT2D eigenvalue weighted by atomic mass is 9.96. The molecule has 3 aliphatic heterocycles. The van der Waals surface area contributed by atoms with Crippen molar-refractivity contribution in [3.8, 4) is 0 Å². The summed E-state index contributed by atoms with van der Waals surface area (Å²) in [7, 11) is 0. The molecule has 0 bridgehead atoms. The molecule has 3 aliphatic rings. The van der Waals surface area contributed by atoms with Crippen LogP contribution in [0.2, 0.25) is 0 Å². The van der Waals surface area contributed by atoms with E-state index in [-0.39, 0.29) is 18.9 Å². The molecule has 0 spiro atoms. The first-order valence-corrected chi connectivity index (χ1v) is 23.6. The fraction of sp³-hybridized carbons (Fsp3) is 0.889. The standard InChI is InChI=1S/C45H81NO18/c1-3-5-7-9-11-13-14-15-17-19-21-23-33(51)46-28(29(50)22-20-18-16-12-10-8-6-4-2)27-59-43-39(57)36(54)41(31(25-48)61-43)64-45-40(58)37(55)42(32(26-49)62-45)63-44-38(56)35(53)34(52)30(24-47)60-44/h10,12,20,22,28-32,34-45,47-50,52-58H,3-9,11,13-19,21,23-27H2,1-2H3,(H,46,51)/b12-10+,22-20+. The average Bonchev–Trinajstić information content (AvgIpc) is 3.29. The monoisotopic (exact) mass is 924 g/mol. The predicted octanol–water partition coefficient (Wildman–Crippen LogP) is 0.0809. The van der Waals surface area contributed by atoms with Crippen LogP contribution in [0.25, 0.3) is 0 Å². The van der Waals surface area contributed by atoms with Crippen LogP contribution in [-0.4, -0.2) is 193 Å². The molecule has 3 fully saturated rings. The number of unbranched alkanes of at least 4 members (excludes halogenated alkanes) is 13. The van der Waals surface area contributed by atoms with Gasteiger partial charge in [0.05, 0.1) is 38.6 Å². The molecule has 3 saturated heterocycles. The molecule has 0 aromatic carbocycles. The van der Waals surface area contributed by atoms with Crippen LogP contribution in [-0.2, 0) is 33.2 Å². The Kier molecular flexibility index (Phi) is 27.7. The maximum absolute atomic E-state index is 13.1. The Bertz CT molecular complexity index is 1290. The van der Waals surface area contributed by atoms with Crippen LogP contribution in [0.4, 0.5) is 0 Å². The third kappa shape index (κ3) is 18.1. The Labute approximate surface area is 378 Å². The number of rotatable bonds is 31. The van der Waals surface area contributed by atoms with Crippen molar-refractivity contribution < 1.29 is 89.4 Å². The second kappa shape index (κ2) is 31.3. The molecule has 0 saturated carbocycles. The van der Waals surface area contributed by atoms with Gasteiger partial charge in [-0.1, -0.05) is 115 Å². The minimum Gasteiger partial charge on any atom is -0.394 e.